The zero-order valence-corrected chi connectivity index (χ0v) is 9.09. The summed E-state index contributed by atoms with van der Waals surface area (Å²) < 4.78 is 10.0. The van der Waals surface area contributed by atoms with Crippen LogP contribution >= 0.6 is 0 Å². The maximum absolute atomic E-state index is 9.56. The normalized spacial score (nSPS) is 38.6. The van der Waals surface area contributed by atoms with Gasteiger partial charge in [-0.25, -0.2) is 0 Å². The largest absolute Gasteiger partial charge is 0.394 e. The lowest BCUT2D eigenvalue weighted by Gasteiger charge is -2.40. The third-order valence-electron chi connectivity index (χ3n) is 2.58. The molecule has 102 valence electrons. The van der Waals surface area contributed by atoms with Gasteiger partial charge in [0.15, 0.2) is 6.29 Å². The van der Waals surface area contributed by atoms with Crippen molar-refractivity contribution in [1.29, 1.82) is 0 Å². The van der Waals surface area contributed by atoms with Gasteiger partial charge in [-0.1, -0.05) is 0 Å². The third-order valence-corrected chi connectivity index (χ3v) is 2.58. The monoisotopic (exact) mass is 254 g/mol. The first-order valence-corrected chi connectivity index (χ1v) is 5.22. The molecule has 0 spiro atoms. The van der Waals surface area contributed by atoms with Gasteiger partial charge in [0.1, 0.15) is 30.5 Å². The second-order valence-electron chi connectivity index (χ2n) is 3.82. The van der Waals surface area contributed by atoms with E-state index in [1.54, 1.807) is 0 Å². The van der Waals surface area contributed by atoms with E-state index in [-0.39, 0.29) is 0 Å². The minimum absolute atomic E-state index is 0.495. The van der Waals surface area contributed by atoms with Gasteiger partial charge in [-0.3, -0.25) is 0 Å². The first kappa shape index (κ1) is 14.7. The summed E-state index contributed by atoms with van der Waals surface area (Å²) in [5.74, 6) is 0. The minimum atomic E-state index is -1.54. The number of ether oxygens (including phenoxy) is 2. The van der Waals surface area contributed by atoms with Crippen LogP contribution in [0.1, 0.15) is 0 Å². The Labute approximate surface area is 97.6 Å². The van der Waals surface area contributed by atoms with Crippen LogP contribution in [0.5, 0.6) is 0 Å². The van der Waals surface area contributed by atoms with E-state index in [4.69, 9.17) is 24.8 Å². The lowest BCUT2D eigenvalue weighted by Crippen LogP contribution is -2.60. The van der Waals surface area contributed by atoms with E-state index in [1.165, 1.54) is 0 Å². The number of aliphatic hydroxyl groups excluding tert-OH is 6. The van der Waals surface area contributed by atoms with Crippen LogP contribution < -0.4 is 0 Å². The van der Waals surface area contributed by atoms with Crippen LogP contribution in [-0.2, 0) is 9.47 Å². The average molecular weight is 254 g/mol. The predicted molar refractivity (Wildman–Crippen MR) is 52.8 cm³/mol. The quantitative estimate of drug-likeness (QED) is 0.293. The molecule has 0 radical (unpaired) electrons. The fourth-order valence-electron chi connectivity index (χ4n) is 1.51. The van der Waals surface area contributed by atoms with Gasteiger partial charge in [-0.05, 0) is 0 Å². The lowest BCUT2D eigenvalue weighted by molar-refractivity contribution is -0.315. The molecule has 1 rings (SSSR count). The summed E-state index contributed by atoms with van der Waals surface area (Å²) >= 11 is 0. The molecule has 5 atom stereocenters. The van der Waals surface area contributed by atoms with Gasteiger partial charge in [0.25, 0.3) is 0 Å². The molecule has 1 heterocycles. The van der Waals surface area contributed by atoms with Crippen molar-refractivity contribution in [2.45, 2.75) is 36.8 Å². The Balaban J connectivity index is 2.65. The molecule has 1 aliphatic rings. The standard InChI is InChI=1S/C9H18O8/c10-1-4(2-11)16-9-8(15)7(14)6(13)5(3-12)17-9/h4-15H,1-3H2. The average Bonchev–Trinajstić information content (AvgIpc) is 2.35. The second kappa shape index (κ2) is 6.57. The van der Waals surface area contributed by atoms with E-state index < -0.39 is 56.6 Å². The smallest absolute Gasteiger partial charge is 0.187 e. The first-order chi connectivity index (χ1) is 8.04. The van der Waals surface area contributed by atoms with Crippen LogP contribution in [0, 0.1) is 0 Å². The highest BCUT2D eigenvalue weighted by molar-refractivity contribution is 4.89. The summed E-state index contributed by atoms with van der Waals surface area (Å²) in [4.78, 5) is 0. The van der Waals surface area contributed by atoms with E-state index in [1.807, 2.05) is 0 Å². The lowest BCUT2D eigenvalue weighted by atomic mass is 9.99. The summed E-state index contributed by atoms with van der Waals surface area (Å²) in [5, 5.41) is 55.0. The van der Waals surface area contributed by atoms with E-state index >= 15 is 0 Å². The highest BCUT2D eigenvalue weighted by Crippen LogP contribution is 2.22. The van der Waals surface area contributed by atoms with E-state index in [0.717, 1.165) is 0 Å². The maximum atomic E-state index is 9.56. The molecule has 0 bridgehead atoms. The van der Waals surface area contributed by atoms with Crippen molar-refractivity contribution in [3.05, 3.63) is 0 Å². The fraction of sp³-hybridized carbons (Fsp3) is 1.00. The van der Waals surface area contributed by atoms with Crippen LogP contribution in [0.25, 0.3) is 0 Å². The van der Waals surface area contributed by atoms with Crippen molar-refractivity contribution in [2.75, 3.05) is 19.8 Å². The van der Waals surface area contributed by atoms with Crippen molar-refractivity contribution in [2.24, 2.45) is 0 Å². The first-order valence-electron chi connectivity index (χ1n) is 5.22. The molecule has 0 amide bonds. The summed E-state index contributed by atoms with van der Waals surface area (Å²) in [5.41, 5.74) is 0. The number of hydrogen-bond donors (Lipinski definition) is 6. The Kier molecular flexibility index (Phi) is 5.70. The van der Waals surface area contributed by atoms with Gasteiger partial charge in [-0.15, -0.1) is 0 Å². The highest BCUT2D eigenvalue weighted by Gasteiger charge is 2.44. The topological polar surface area (TPSA) is 140 Å². The van der Waals surface area contributed by atoms with Gasteiger partial charge >= 0.3 is 0 Å². The summed E-state index contributed by atoms with van der Waals surface area (Å²) in [6.45, 7) is -1.55. The number of aliphatic hydroxyl groups is 6. The molecule has 5 unspecified atom stereocenters. The molecule has 1 fully saturated rings. The van der Waals surface area contributed by atoms with E-state index in [0.29, 0.717) is 0 Å². The molecule has 6 N–H and O–H groups in total. The summed E-state index contributed by atoms with van der Waals surface area (Å²) in [6.07, 6.45) is -7.92. The van der Waals surface area contributed by atoms with Crippen LogP contribution in [-0.4, -0.2) is 87.3 Å². The Morgan fingerprint density at radius 1 is 0.941 bits per heavy atom. The van der Waals surface area contributed by atoms with Crippen molar-refractivity contribution in [3.63, 3.8) is 0 Å². The highest BCUT2D eigenvalue weighted by atomic mass is 16.7. The Bertz CT molecular complexity index is 217. The molecule has 17 heavy (non-hydrogen) atoms. The van der Waals surface area contributed by atoms with Crippen LogP contribution in [0.4, 0.5) is 0 Å². The molecule has 0 saturated carbocycles. The molecule has 0 aliphatic carbocycles. The van der Waals surface area contributed by atoms with Gasteiger partial charge in [0.05, 0.1) is 19.8 Å². The molecular formula is C9H18O8. The molecule has 1 aliphatic heterocycles. The van der Waals surface area contributed by atoms with Crippen LogP contribution in [0.3, 0.4) is 0 Å². The SMILES string of the molecule is OCC(CO)OC1OC(CO)C(O)C(O)C1O. The van der Waals surface area contributed by atoms with Gasteiger partial charge in [-0.2, -0.15) is 0 Å². The molecule has 0 aromatic carbocycles. The van der Waals surface area contributed by atoms with E-state index in [2.05, 4.69) is 0 Å². The van der Waals surface area contributed by atoms with Gasteiger partial charge in [0, 0.05) is 0 Å². The van der Waals surface area contributed by atoms with Crippen LogP contribution in [0.2, 0.25) is 0 Å². The van der Waals surface area contributed by atoms with Crippen molar-refractivity contribution in [1.82, 2.24) is 0 Å². The zero-order valence-electron chi connectivity index (χ0n) is 9.09. The van der Waals surface area contributed by atoms with Gasteiger partial charge < -0.3 is 40.1 Å². The van der Waals surface area contributed by atoms with Crippen molar-refractivity contribution in [3.8, 4) is 0 Å². The molecular weight excluding hydrogens is 236 g/mol. The summed E-state index contributed by atoms with van der Waals surface area (Å²) in [6, 6.07) is 0. The van der Waals surface area contributed by atoms with Crippen LogP contribution in [0.15, 0.2) is 0 Å². The maximum Gasteiger partial charge on any atom is 0.187 e. The van der Waals surface area contributed by atoms with Crippen molar-refractivity contribution >= 4 is 0 Å². The Morgan fingerprint density at radius 3 is 2.00 bits per heavy atom. The number of hydrogen-bond acceptors (Lipinski definition) is 8. The number of rotatable bonds is 5. The second-order valence-corrected chi connectivity index (χ2v) is 3.82. The van der Waals surface area contributed by atoms with E-state index in [9.17, 15) is 15.3 Å². The molecule has 0 aromatic heterocycles. The predicted octanol–water partition coefficient (Wildman–Crippen LogP) is -3.84. The fourth-order valence-corrected chi connectivity index (χ4v) is 1.51. The van der Waals surface area contributed by atoms with Crippen molar-refractivity contribution < 1.29 is 40.1 Å². The Hall–Kier alpha value is -0.320. The van der Waals surface area contributed by atoms with Gasteiger partial charge in [0.2, 0.25) is 0 Å². The molecule has 0 aromatic rings. The Morgan fingerprint density at radius 2 is 1.53 bits per heavy atom. The third kappa shape index (κ3) is 3.33. The molecule has 8 nitrogen and oxygen atoms in total. The molecule has 8 heteroatoms. The summed E-state index contributed by atoms with van der Waals surface area (Å²) in [7, 11) is 0. The minimum Gasteiger partial charge on any atom is -0.394 e. The molecule has 1 saturated heterocycles. The zero-order chi connectivity index (χ0) is 13.0.